The lowest BCUT2D eigenvalue weighted by Gasteiger charge is -2.13. The van der Waals surface area contributed by atoms with Crippen LogP contribution in [0.2, 0.25) is 0 Å². The number of carbonyl (C=O) groups is 6. The fraction of sp³-hybridized carbons (Fsp3) is 0.333. The monoisotopic (exact) mass is 420 g/mol. The normalized spacial score (nSPS) is 16.1. The SMILES string of the molecule is O=C(COc1ccc(OCC(=O)ON2C(=O)CCC2=O)cc1)ON1C(=O)CCC1=O. The van der Waals surface area contributed by atoms with Crippen LogP contribution in [0.4, 0.5) is 0 Å². The van der Waals surface area contributed by atoms with E-state index < -0.39 is 48.8 Å². The van der Waals surface area contributed by atoms with Crippen molar-refractivity contribution in [1.29, 1.82) is 0 Å². The predicted molar refractivity (Wildman–Crippen MR) is 91.8 cm³/mol. The zero-order chi connectivity index (χ0) is 21.7. The van der Waals surface area contributed by atoms with Crippen LogP contribution in [0.25, 0.3) is 0 Å². The minimum Gasteiger partial charge on any atom is -0.482 e. The Morgan fingerprint density at radius 3 is 1.23 bits per heavy atom. The maximum absolute atomic E-state index is 11.7. The van der Waals surface area contributed by atoms with Gasteiger partial charge >= 0.3 is 11.9 Å². The first-order valence-electron chi connectivity index (χ1n) is 8.82. The first-order valence-corrected chi connectivity index (χ1v) is 8.82. The summed E-state index contributed by atoms with van der Waals surface area (Å²) in [6, 6.07) is 5.75. The van der Waals surface area contributed by atoms with Crippen molar-refractivity contribution in [3.63, 3.8) is 0 Å². The molecule has 0 radical (unpaired) electrons. The molecular formula is C18H16N2O10. The third-order valence-electron chi connectivity index (χ3n) is 3.93. The van der Waals surface area contributed by atoms with Gasteiger partial charge in [-0.05, 0) is 24.3 Å². The summed E-state index contributed by atoms with van der Waals surface area (Å²) in [7, 11) is 0. The van der Waals surface area contributed by atoms with Gasteiger partial charge in [0.25, 0.3) is 23.6 Å². The molecule has 3 rings (SSSR count). The quantitative estimate of drug-likeness (QED) is 0.512. The number of amides is 4. The highest BCUT2D eigenvalue weighted by Crippen LogP contribution is 2.18. The molecule has 1 aromatic carbocycles. The highest BCUT2D eigenvalue weighted by molar-refractivity contribution is 6.02. The van der Waals surface area contributed by atoms with Crippen molar-refractivity contribution in [2.24, 2.45) is 0 Å². The lowest BCUT2D eigenvalue weighted by Crippen LogP contribution is -2.34. The highest BCUT2D eigenvalue weighted by Gasteiger charge is 2.33. The molecule has 0 aliphatic carbocycles. The van der Waals surface area contributed by atoms with Crippen molar-refractivity contribution < 1.29 is 47.9 Å². The van der Waals surface area contributed by atoms with Crippen LogP contribution in [0.15, 0.2) is 24.3 Å². The number of hydroxylamine groups is 4. The lowest BCUT2D eigenvalue weighted by atomic mass is 10.3. The Bertz CT molecular complexity index is 790. The predicted octanol–water partition coefficient (Wildman–Crippen LogP) is -0.341. The molecular weight excluding hydrogens is 404 g/mol. The van der Waals surface area contributed by atoms with E-state index in [-0.39, 0.29) is 37.2 Å². The third-order valence-corrected chi connectivity index (χ3v) is 3.93. The Labute approximate surface area is 169 Å². The maximum atomic E-state index is 11.7. The van der Waals surface area contributed by atoms with Gasteiger partial charge in [0.15, 0.2) is 13.2 Å². The first kappa shape index (κ1) is 20.8. The second kappa shape index (κ2) is 9.03. The van der Waals surface area contributed by atoms with Crippen molar-refractivity contribution in [2.45, 2.75) is 25.7 Å². The summed E-state index contributed by atoms with van der Waals surface area (Å²) >= 11 is 0. The van der Waals surface area contributed by atoms with E-state index in [0.717, 1.165) is 0 Å². The summed E-state index contributed by atoms with van der Waals surface area (Å²) in [4.78, 5) is 78.2. The van der Waals surface area contributed by atoms with Crippen molar-refractivity contribution in [1.82, 2.24) is 10.1 Å². The molecule has 0 spiro atoms. The van der Waals surface area contributed by atoms with E-state index in [0.29, 0.717) is 10.1 Å². The summed E-state index contributed by atoms with van der Waals surface area (Å²) in [5.74, 6) is -3.69. The van der Waals surface area contributed by atoms with Crippen LogP contribution < -0.4 is 9.47 Å². The Kier molecular flexibility index (Phi) is 6.25. The molecule has 2 aliphatic heterocycles. The van der Waals surface area contributed by atoms with Crippen LogP contribution in [-0.2, 0) is 38.4 Å². The summed E-state index contributed by atoms with van der Waals surface area (Å²) in [6.07, 6.45) is -0.0293. The minimum absolute atomic E-state index is 0.00732. The summed E-state index contributed by atoms with van der Waals surface area (Å²) in [5.41, 5.74) is 0. The number of imide groups is 2. The second-order valence-corrected chi connectivity index (χ2v) is 6.14. The molecule has 12 heteroatoms. The molecule has 0 saturated carbocycles. The minimum atomic E-state index is -0.923. The number of carbonyl (C=O) groups excluding carboxylic acids is 6. The summed E-state index contributed by atoms with van der Waals surface area (Å²) in [6.45, 7) is -1.08. The van der Waals surface area contributed by atoms with Crippen LogP contribution in [0.3, 0.4) is 0 Å². The number of ether oxygens (including phenoxy) is 2. The number of nitrogens with zero attached hydrogens (tertiary/aromatic N) is 2. The van der Waals surface area contributed by atoms with E-state index in [2.05, 4.69) is 9.68 Å². The van der Waals surface area contributed by atoms with Gasteiger partial charge in [0.05, 0.1) is 0 Å². The van der Waals surface area contributed by atoms with E-state index in [9.17, 15) is 28.8 Å². The van der Waals surface area contributed by atoms with Gasteiger partial charge < -0.3 is 19.1 Å². The molecule has 2 heterocycles. The van der Waals surface area contributed by atoms with Gasteiger partial charge in [-0.25, -0.2) is 9.59 Å². The molecule has 2 fully saturated rings. The number of hydrogen-bond acceptors (Lipinski definition) is 10. The van der Waals surface area contributed by atoms with Gasteiger partial charge in [0.1, 0.15) is 11.5 Å². The Balaban J connectivity index is 1.40. The molecule has 0 unspecified atom stereocenters. The molecule has 30 heavy (non-hydrogen) atoms. The molecule has 12 nitrogen and oxygen atoms in total. The van der Waals surface area contributed by atoms with E-state index >= 15 is 0 Å². The topological polar surface area (TPSA) is 146 Å². The zero-order valence-electron chi connectivity index (χ0n) is 15.5. The average Bonchev–Trinajstić information content (AvgIpc) is 3.21. The molecule has 0 aromatic heterocycles. The Morgan fingerprint density at radius 1 is 0.633 bits per heavy atom. The summed E-state index contributed by atoms with van der Waals surface area (Å²) < 4.78 is 10.4. The smallest absolute Gasteiger partial charge is 0.370 e. The van der Waals surface area contributed by atoms with E-state index in [4.69, 9.17) is 9.47 Å². The average molecular weight is 420 g/mol. The molecule has 0 bridgehead atoms. The van der Waals surface area contributed by atoms with Crippen molar-refractivity contribution >= 4 is 35.6 Å². The van der Waals surface area contributed by atoms with Gasteiger partial charge in [-0.2, -0.15) is 0 Å². The largest absolute Gasteiger partial charge is 0.482 e. The summed E-state index contributed by atoms with van der Waals surface area (Å²) in [5, 5.41) is 0.843. The van der Waals surface area contributed by atoms with Crippen molar-refractivity contribution in [2.75, 3.05) is 13.2 Å². The van der Waals surface area contributed by atoms with Crippen LogP contribution >= 0.6 is 0 Å². The second-order valence-electron chi connectivity index (χ2n) is 6.14. The van der Waals surface area contributed by atoms with E-state index in [1.807, 2.05) is 0 Å². The van der Waals surface area contributed by atoms with Crippen LogP contribution in [-0.4, -0.2) is 58.9 Å². The fourth-order valence-corrected chi connectivity index (χ4v) is 2.49. The number of hydrogen-bond donors (Lipinski definition) is 0. The third kappa shape index (κ3) is 5.10. The fourth-order valence-electron chi connectivity index (χ4n) is 2.49. The van der Waals surface area contributed by atoms with Crippen LogP contribution in [0.1, 0.15) is 25.7 Å². The Morgan fingerprint density at radius 2 is 0.933 bits per heavy atom. The lowest BCUT2D eigenvalue weighted by molar-refractivity contribution is -0.198. The highest BCUT2D eigenvalue weighted by atomic mass is 16.7. The first-order chi connectivity index (χ1) is 14.3. The van der Waals surface area contributed by atoms with Gasteiger partial charge in [0, 0.05) is 25.7 Å². The van der Waals surface area contributed by atoms with Crippen molar-refractivity contribution in [3.05, 3.63) is 24.3 Å². The number of benzene rings is 1. The van der Waals surface area contributed by atoms with E-state index in [1.54, 1.807) is 0 Å². The molecule has 0 atom stereocenters. The van der Waals surface area contributed by atoms with Crippen molar-refractivity contribution in [3.8, 4) is 11.5 Å². The Hall–Kier alpha value is -3.96. The molecule has 2 aliphatic rings. The molecule has 4 amide bonds. The van der Waals surface area contributed by atoms with Gasteiger partial charge in [-0.3, -0.25) is 19.2 Å². The molecule has 0 N–H and O–H groups in total. The van der Waals surface area contributed by atoms with Gasteiger partial charge in [-0.15, -0.1) is 10.1 Å². The molecule has 1 aromatic rings. The van der Waals surface area contributed by atoms with Crippen LogP contribution in [0.5, 0.6) is 11.5 Å². The molecule has 158 valence electrons. The van der Waals surface area contributed by atoms with Gasteiger partial charge in [-0.1, -0.05) is 0 Å². The van der Waals surface area contributed by atoms with E-state index in [1.165, 1.54) is 24.3 Å². The standard InChI is InChI=1S/C18H16N2O10/c21-13-5-6-14(22)19(13)29-17(25)9-27-11-1-2-12(4-3-11)28-10-18(26)30-20-15(23)7-8-16(20)24/h1-4H,5-10H2. The van der Waals surface area contributed by atoms with Crippen LogP contribution in [0, 0.1) is 0 Å². The maximum Gasteiger partial charge on any atom is 0.370 e. The molecule has 2 saturated heterocycles. The van der Waals surface area contributed by atoms with Gasteiger partial charge in [0.2, 0.25) is 0 Å². The number of rotatable bonds is 8. The zero-order valence-corrected chi connectivity index (χ0v) is 15.5.